The van der Waals surface area contributed by atoms with Crippen LogP contribution in [0.1, 0.15) is 27.2 Å². The zero-order chi connectivity index (χ0) is 17.6. The monoisotopic (exact) mass is 342 g/mol. The van der Waals surface area contributed by atoms with E-state index in [1.54, 1.807) is 0 Å². The van der Waals surface area contributed by atoms with Crippen molar-refractivity contribution in [3.05, 3.63) is 60.7 Å². The van der Waals surface area contributed by atoms with E-state index in [4.69, 9.17) is 10.3 Å². The molecule has 0 aliphatic rings. The van der Waals surface area contributed by atoms with E-state index in [0.717, 1.165) is 0 Å². The Labute approximate surface area is 145 Å². The summed E-state index contributed by atoms with van der Waals surface area (Å²) >= 11 is 0. The van der Waals surface area contributed by atoms with Crippen LogP contribution in [0.4, 0.5) is 0 Å². The topological polar surface area (TPSA) is 64.3 Å². The van der Waals surface area contributed by atoms with Gasteiger partial charge in [-0.2, -0.15) is 0 Å². The molecule has 0 saturated heterocycles. The van der Waals surface area contributed by atoms with Crippen LogP contribution in [0, 0.1) is 0 Å². The number of benzene rings is 2. The van der Waals surface area contributed by atoms with Crippen LogP contribution in [-0.2, 0) is 9.22 Å². The van der Waals surface area contributed by atoms with Crippen LogP contribution >= 0.6 is 0 Å². The SMILES string of the molecule is CC(C)(C)[Si](OCCC(=O)NN)(c1ccccc1)c1ccccc1. The maximum absolute atomic E-state index is 11.5. The molecule has 3 N–H and O–H groups in total. The van der Waals surface area contributed by atoms with Gasteiger partial charge in [-0.05, 0) is 15.4 Å². The van der Waals surface area contributed by atoms with Crippen molar-refractivity contribution in [3.8, 4) is 0 Å². The van der Waals surface area contributed by atoms with Crippen molar-refractivity contribution in [1.29, 1.82) is 0 Å². The molecular formula is C19H26N2O2Si. The summed E-state index contributed by atoms with van der Waals surface area (Å²) in [6.45, 7) is 6.98. The summed E-state index contributed by atoms with van der Waals surface area (Å²) in [5.74, 6) is 4.97. The molecule has 0 unspecified atom stereocenters. The molecular weight excluding hydrogens is 316 g/mol. The minimum Gasteiger partial charge on any atom is -0.407 e. The van der Waals surface area contributed by atoms with Crippen LogP contribution in [0.2, 0.25) is 5.04 Å². The number of carbonyl (C=O) groups is 1. The summed E-state index contributed by atoms with van der Waals surface area (Å²) in [6, 6.07) is 20.7. The van der Waals surface area contributed by atoms with Crippen LogP contribution in [0.3, 0.4) is 0 Å². The predicted molar refractivity (Wildman–Crippen MR) is 101 cm³/mol. The quantitative estimate of drug-likeness (QED) is 0.365. The predicted octanol–water partition coefficient (Wildman–Crippen LogP) is 1.94. The van der Waals surface area contributed by atoms with Crippen molar-refractivity contribution >= 4 is 24.6 Å². The zero-order valence-electron chi connectivity index (χ0n) is 14.6. The molecule has 0 aromatic heterocycles. The summed E-state index contributed by atoms with van der Waals surface area (Å²) < 4.78 is 6.56. The van der Waals surface area contributed by atoms with Gasteiger partial charge in [0, 0.05) is 6.61 Å². The Morgan fingerprint density at radius 3 is 1.83 bits per heavy atom. The van der Waals surface area contributed by atoms with Crippen LogP contribution in [-0.4, -0.2) is 20.8 Å². The van der Waals surface area contributed by atoms with E-state index in [2.05, 4.69) is 50.5 Å². The van der Waals surface area contributed by atoms with Gasteiger partial charge in [0.15, 0.2) is 0 Å². The third kappa shape index (κ3) is 3.75. The number of carbonyl (C=O) groups excluding carboxylic acids is 1. The number of nitrogens with two attached hydrogens (primary N) is 1. The highest BCUT2D eigenvalue weighted by molar-refractivity contribution is 6.99. The first kappa shape index (κ1) is 18.4. The van der Waals surface area contributed by atoms with Gasteiger partial charge >= 0.3 is 0 Å². The van der Waals surface area contributed by atoms with Gasteiger partial charge in [0.2, 0.25) is 5.91 Å². The highest BCUT2D eigenvalue weighted by Gasteiger charge is 2.50. The van der Waals surface area contributed by atoms with Gasteiger partial charge in [-0.1, -0.05) is 81.4 Å². The standard InChI is InChI=1S/C19H26N2O2Si/c1-19(2,3)24(16-10-6-4-7-11-16,17-12-8-5-9-13-17)23-15-14-18(22)21-20/h4-13H,14-15,20H2,1-3H3,(H,21,22). The lowest BCUT2D eigenvalue weighted by molar-refractivity contribution is -0.121. The Morgan fingerprint density at radius 1 is 1.00 bits per heavy atom. The van der Waals surface area contributed by atoms with Gasteiger partial charge in [0.25, 0.3) is 8.32 Å². The molecule has 2 aromatic rings. The fourth-order valence-corrected chi connectivity index (χ4v) is 7.69. The lowest BCUT2D eigenvalue weighted by Crippen LogP contribution is -2.66. The molecule has 0 bridgehead atoms. The minimum atomic E-state index is -2.55. The third-order valence-electron chi connectivity index (χ3n) is 4.23. The summed E-state index contributed by atoms with van der Waals surface area (Å²) in [5, 5.41) is 2.32. The fraction of sp³-hybridized carbons (Fsp3) is 0.316. The van der Waals surface area contributed by atoms with Crippen molar-refractivity contribution in [2.75, 3.05) is 6.61 Å². The Hall–Kier alpha value is -1.95. The largest absolute Gasteiger partial charge is 0.407 e. The molecule has 0 aliphatic heterocycles. The molecule has 1 amide bonds. The van der Waals surface area contributed by atoms with Crippen molar-refractivity contribution in [3.63, 3.8) is 0 Å². The van der Waals surface area contributed by atoms with Crippen LogP contribution in [0.25, 0.3) is 0 Å². The van der Waals surface area contributed by atoms with Crippen LogP contribution in [0.15, 0.2) is 60.7 Å². The lowest BCUT2D eigenvalue weighted by Gasteiger charge is -2.43. The highest BCUT2D eigenvalue weighted by atomic mass is 28.4. The van der Waals surface area contributed by atoms with Gasteiger partial charge in [0.05, 0.1) is 6.42 Å². The molecule has 0 aliphatic carbocycles. The molecule has 0 saturated carbocycles. The van der Waals surface area contributed by atoms with Gasteiger partial charge in [-0.15, -0.1) is 0 Å². The number of nitrogens with one attached hydrogen (secondary N) is 1. The highest BCUT2D eigenvalue weighted by Crippen LogP contribution is 2.36. The maximum Gasteiger partial charge on any atom is 0.261 e. The fourth-order valence-electron chi connectivity index (χ4n) is 3.13. The van der Waals surface area contributed by atoms with E-state index in [1.165, 1.54) is 10.4 Å². The smallest absolute Gasteiger partial charge is 0.261 e. The first-order valence-electron chi connectivity index (χ1n) is 8.16. The Kier molecular flexibility index (Phi) is 5.93. The molecule has 0 spiro atoms. The number of hydrogen-bond donors (Lipinski definition) is 2. The summed E-state index contributed by atoms with van der Waals surface area (Å²) in [4.78, 5) is 11.5. The van der Waals surface area contributed by atoms with E-state index < -0.39 is 8.32 Å². The number of rotatable bonds is 6. The van der Waals surface area contributed by atoms with E-state index in [9.17, 15) is 4.79 Å². The van der Waals surface area contributed by atoms with Crippen molar-refractivity contribution in [1.82, 2.24) is 5.43 Å². The Balaban J connectivity index is 2.51. The van der Waals surface area contributed by atoms with Gasteiger partial charge in [-0.3, -0.25) is 10.2 Å². The second kappa shape index (κ2) is 7.74. The van der Waals surface area contributed by atoms with Gasteiger partial charge < -0.3 is 4.43 Å². The van der Waals surface area contributed by atoms with Gasteiger partial charge in [0.1, 0.15) is 0 Å². The number of hydrazine groups is 1. The molecule has 2 rings (SSSR count). The van der Waals surface area contributed by atoms with E-state index in [-0.39, 0.29) is 17.4 Å². The number of hydrogen-bond acceptors (Lipinski definition) is 3. The van der Waals surface area contributed by atoms with Crippen LogP contribution < -0.4 is 21.6 Å². The van der Waals surface area contributed by atoms with Crippen molar-refractivity contribution < 1.29 is 9.22 Å². The molecule has 0 heterocycles. The molecule has 0 atom stereocenters. The first-order valence-corrected chi connectivity index (χ1v) is 10.1. The van der Waals surface area contributed by atoms with Crippen molar-refractivity contribution in [2.45, 2.75) is 32.2 Å². The first-order chi connectivity index (χ1) is 11.4. The second-order valence-corrected chi connectivity index (χ2v) is 11.1. The van der Waals surface area contributed by atoms with E-state index >= 15 is 0 Å². The lowest BCUT2D eigenvalue weighted by atomic mass is 10.2. The average molecular weight is 343 g/mol. The van der Waals surface area contributed by atoms with Crippen molar-refractivity contribution in [2.24, 2.45) is 5.84 Å². The molecule has 4 nitrogen and oxygen atoms in total. The molecule has 0 fully saturated rings. The average Bonchev–Trinajstić information content (AvgIpc) is 2.59. The second-order valence-electron chi connectivity index (χ2n) is 6.83. The number of amides is 1. The maximum atomic E-state index is 11.5. The Morgan fingerprint density at radius 2 is 1.46 bits per heavy atom. The molecule has 24 heavy (non-hydrogen) atoms. The Bertz CT molecular complexity index is 615. The summed E-state index contributed by atoms with van der Waals surface area (Å²) in [6.07, 6.45) is 0.251. The molecule has 0 radical (unpaired) electrons. The van der Waals surface area contributed by atoms with E-state index in [0.29, 0.717) is 6.61 Å². The third-order valence-corrected chi connectivity index (χ3v) is 9.27. The molecule has 128 valence electrons. The summed E-state index contributed by atoms with van der Waals surface area (Å²) in [7, 11) is -2.55. The van der Waals surface area contributed by atoms with E-state index in [1.807, 2.05) is 36.4 Å². The zero-order valence-corrected chi connectivity index (χ0v) is 15.6. The molecule has 2 aromatic carbocycles. The summed E-state index contributed by atoms with van der Waals surface area (Å²) in [5.41, 5.74) is 2.17. The van der Waals surface area contributed by atoms with Crippen LogP contribution in [0.5, 0.6) is 0 Å². The minimum absolute atomic E-state index is 0.0884. The van der Waals surface area contributed by atoms with Gasteiger partial charge in [-0.25, -0.2) is 5.84 Å². The normalized spacial score (nSPS) is 12.0. The molecule has 5 heteroatoms.